The van der Waals surface area contributed by atoms with E-state index in [-0.39, 0.29) is 0 Å². The lowest BCUT2D eigenvalue weighted by Crippen LogP contribution is -2.37. The number of nitrogens with zero attached hydrogens (tertiary/aromatic N) is 1. The Morgan fingerprint density at radius 2 is 2.07 bits per heavy atom. The summed E-state index contributed by atoms with van der Waals surface area (Å²) in [6, 6.07) is 3.87. The van der Waals surface area contributed by atoms with Crippen LogP contribution in [0.25, 0.3) is 0 Å². The van der Waals surface area contributed by atoms with Crippen LogP contribution in [-0.4, -0.2) is 17.6 Å². The first kappa shape index (κ1) is 11.7. The van der Waals surface area contributed by atoms with Gasteiger partial charge in [-0.1, -0.05) is 25.7 Å². The molecule has 2 nitrogen and oxygen atoms in total. The predicted molar refractivity (Wildman–Crippen MR) is 64.3 cm³/mol. The number of hydrogen-bond acceptors (Lipinski definition) is 3. The molecule has 1 aromatic heterocycles. The zero-order chi connectivity index (χ0) is 10.8. The van der Waals surface area contributed by atoms with Crippen molar-refractivity contribution in [2.24, 2.45) is 0 Å². The largest absolute Gasteiger partial charge is 0.285 e. The first-order chi connectivity index (χ1) is 6.39. The third-order valence-corrected chi connectivity index (χ3v) is 4.66. The zero-order valence-electron chi connectivity index (χ0n) is 8.37. The normalized spacial score (nSPS) is 11.4. The van der Waals surface area contributed by atoms with Crippen LogP contribution >= 0.6 is 23.4 Å². The van der Waals surface area contributed by atoms with Crippen molar-refractivity contribution in [1.82, 2.24) is 4.98 Å². The second-order valence-electron chi connectivity index (χ2n) is 3.97. The number of pyridine rings is 1. The molecule has 1 aromatic rings. The number of carbonyl (C=O) groups excluding carboxylic acids is 1. The predicted octanol–water partition coefficient (Wildman–Crippen LogP) is 3.08. The van der Waals surface area contributed by atoms with Crippen LogP contribution < -0.4 is 5.19 Å². The molecule has 1 rings (SSSR count). The highest BCUT2D eigenvalue weighted by molar-refractivity contribution is 8.16. The van der Waals surface area contributed by atoms with Crippen molar-refractivity contribution >= 4 is 41.2 Å². The number of hydrogen-bond donors (Lipinski definition) is 0. The Morgan fingerprint density at radius 3 is 2.43 bits per heavy atom. The van der Waals surface area contributed by atoms with Crippen molar-refractivity contribution in [1.29, 1.82) is 0 Å². The standard InChI is InChI=1S/C9H12ClNOSSi/c1-14(2,3)7-4-5-8(11-6-7)13-9(10)12/h4-6H,1-3H3. The molecule has 0 bridgehead atoms. The number of aromatic nitrogens is 1. The van der Waals surface area contributed by atoms with Crippen molar-refractivity contribution in [3.05, 3.63) is 18.3 Å². The minimum Gasteiger partial charge on any atom is -0.268 e. The molecular formula is C9H12ClNOSSi. The smallest absolute Gasteiger partial charge is 0.268 e. The van der Waals surface area contributed by atoms with Crippen molar-refractivity contribution in [3.63, 3.8) is 0 Å². The molecule has 0 aliphatic rings. The van der Waals surface area contributed by atoms with E-state index in [1.165, 1.54) is 5.19 Å². The van der Waals surface area contributed by atoms with Crippen molar-refractivity contribution < 1.29 is 4.79 Å². The molecule has 0 unspecified atom stereocenters. The van der Waals surface area contributed by atoms with E-state index in [9.17, 15) is 4.79 Å². The molecule has 5 heteroatoms. The lowest BCUT2D eigenvalue weighted by Gasteiger charge is -2.15. The molecule has 0 N–H and O–H groups in total. The Kier molecular flexibility index (Phi) is 3.75. The van der Waals surface area contributed by atoms with Gasteiger partial charge in [0, 0.05) is 6.20 Å². The number of rotatable bonds is 2. The van der Waals surface area contributed by atoms with Crippen LogP contribution in [-0.2, 0) is 0 Å². The van der Waals surface area contributed by atoms with E-state index in [0.717, 1.165) is 11.8 Å². The van der Waals surface area contributed by atoms with E-state index in [2.05, 4.69) is 24.6 Å². The van der Waals surface area contributed by atoms with Crippen molar-refractivity contribution in [3.8, 4) is 0 Å². The van der Waals surface area contributed by atoms with Gasteiger partial charge in [0.25, 0.3) is 4.57 Å². The molecule has 0 fully saturated rings. The van der Waals surface area contributed by atoms with Crippen LogP contribution in [0.2, 0.25) is 19.6 Å². The molecule has 76 valence electrons. The average Bonchev–Trinajstić information content (AvgIpc) is 2.02. The van der Waals surface area contributed by atoms with Gasteiger partial charge in [-0.25, -0.2) is 4.98 Å². The fourth-order valence-electron chi connectivity index (χ4n) is 0.967. The third kappa shape index (κ3) is 3.44. The molecule has 0 saturated carbocycles. The van der Waals surface area contributed by atoms with Crippen LogP contribution in [0.3, 0.4) is 0 Å². The molecule has 0 amide bonds. The van der Waals surface area contributed by atoms with Crippen LogP contribution in [0.5, 0.6) is 0 Å². The summed E-state index contributed by atoms with van der Waals surface area (Å²) in [6.07, 6.45) is 1.84. The van der Waals surface area contributed by atoms with Gasteiger partial charge in [0.1, 0.15) is 5.03 Å². The number of halogens is 1. The molecule has 0 saturated heterocycles. The second-order valence-corrected chi connectivity index (χ2v) is 10.6. The lowest BCUT2D eigenvalue weighted by atomic mass is 10.5. The first-order valence-electron chi connectivity index (χ1n) is 4.23. The number of carbonyl (C=O) groups is 1. The van der Waals surface area contributed by atoms with Crippen molar-refractivity contribution in [2.45, 2.75) is 24.7 Å². The van der Waals surface area contributed by atoms with Gasteiger partial charge in [-0.15, -0.1) is 0 Å². The molecule has 0 aliphatic carbocycles. The Labute approximate surface area is 94.1 Å². The molecule has 0 aliphatic heterocycles. The van der Waals surface area contributed by atoms with E-state index in [1.54, 1.807) is 0 Å². The Balaban J connectivity index is 2.84. The van der Waals surface area contributed by atoms with Gasteiger partial charge in [0.05, 0.1) is 8.07 Å². The molecule has 1 heterocycles. The summed E-state index contributed by atoms with van der Waals surface area (Å²) in [7, 11) is -1.29. The van der Waals surface area contributed by atoms with Gasteiger partial charge in [-0.05, 0) is 34.6 Å². The van der Waals surface area contributed by atoms with Gasteiger partial charge in [-0.3, -0.25) is 4.79 Å². The maximum absolute atomic E-state index is 10.6. The van der Waals surface area contributed by atoms with Crippen LogP contribution in [0.4, 0.5) is 4.79 Å². The lowest BCUT2D eigenvalue weighted by molar-refractivity contribution is 0.276. The Morgan fingerprint density at radius 1 is 1.43 bits per heavy atom. The minimum atomic E-state index is -1.29. The second kappa shape index (κ2) is 4.46. The third-order valence-electron chi connectivity index (χ3n) is 1.79. The minimum absolute atomic E-state index is 0.446. The zero-order valence-corrected chi connectivity index (χ0v) is 10.9. The first-order valence-corrected chi connectivity index (χ1v) is 8.93. The molecule has 0 aromatic carbocycles. The Bertz CT molecular complexity index is 334. The van der Waals surface area contributed by atoms with Gasteiger partial charge >= 0.3 is 0 Å². The van der Waals surface area contributed by atoms with Crippen LogP contribution in [0.1, 0.15) is 0 Å². The fourth-order valence-corrected chi connectivity index (χ4v) is 2.64. The van der Waals surface area contributed by atoms with Gasteiger partial charge in [0.2, 0.25) is 0 Å². The summed E-state index contributed by atoms with van der Waals surface area (Å²) in [5.41, 5.74) is 0. The highest BCUT2D eigenvalue weighted by Gasteiger charge is 2.16. The van der Waals surface area contributed by atoms with E-state index in [1.807, 2.05) is 18.3 Å². The van der Waals surface area contributed by atoms with Gasteiger partial charge in [0.15, 0.2) is 0 Å². The molecular weight excluding hydrogens is 234 g/mol. The monoisotopic (exact) mass is 245 g/mol. The summed E-state index contributed by atoms with van der Waals surface area (Å²) in [4.78, 5) is 14.8. The fraction of sp³-hybridized carbons (Fsp3) is 0.333. The molecule has 0 spiro atoms. The molecule has 0 radical (unpaired) electrons. The summed E-state index contributed by atoms with van der Waals surface area (Å²) in [5, 5.41) is 1.94. The summed E-state index contributed by atoms with van der Waals surface area (Å²) >= 11 is 6.18. The molecule has 14 heavy (non-hydrogen) atoms. The summed E-state index contributed by atoms with van der Waals surface area (Å²) in [5.74, 6) is 0. The van der Waals surface area contributed by atoms with E-state index in [4.69, 9.17) is 11.6 Å². The summed E-state index contributed by atoms with van der Waals surface area (Å²) < 4.78 is -0.446. The van der Waals surface area contributed by atoms with Crippen LogP contribution in [0.15, 0.2) is 23.4 Å². The average molecular weight is 246 g/mol. The van der Waals surface area contributed by atoms with Gasteiger partial charge in [-0.2, -0.15) is 0 Å². The topological polar surface area (TPSA) is 30.0 Å². The maximum atomic E-state index is 10.6. The highest BCUT2D eigenvalue weighted by atomic mass is 35.5. The van der Waals surface area contributed by atoms with Crippen molar-refractivity contribution in [2.75, 3.05) is 0 Å². The van der Waals surface area contributed by atoms with E-state index >= 15 is 0 Å². The molecule has 0 atom stereocenters. The van der Waals surface area contributed by atoms with Crippen LogP contribution in [0, 0.1) is 0 Å². The Hall–Kier alpha value is -0.323. The number of thioether (sulfide) groups is 1. The maximum Gasteiger partial charge on any atom is 0.285 e. The SMILES string of the molecule is C[Si](C)(C)c1ccc(SC(=O)Cl)nc1. The highest BCUT2D eigenvalue weighted by Crippen LogP contribution is 2.18. The summed E-state index contributed by atoms with van der Waals surface area (Å²) in [6.45, 7) is 6.76. The van der Waals surface area contributed by atoms with Gasteiger partial charge < -0.3 is 0 Å². The van der Waals surface area contributed by atoms with E-state index in [0.29, 0.717) is 5.03 Å². The van der Waals surface area contributed by atoms with E-state index < -0.39 is 12.6 Å². The quantitative estimate of drug-likeness (QED) is 0.456.